The third-order valence-electron chi connectivity index (χ3n) is 5.08. The summed E-state index contributed by atoms with van der Waals surface area (Å²) < 4.78 is 0. The number of hydrogen-bond acceptors (Lipinski definition) is 5. The lowest BCUT2D eigenvalue weighted by Crippen LogP contribution is -2.41. The summed E-state index contributed by atoms with van der Waals surface area (Å²) in [5.74, 6) is -0.815. The largest absolute Gasteiger partial charge is 0.354 e. The molecular weight excluding hydrogens is 436 g/mol. The zero-order valence-corrected chi connectivity index (χ0v) is 19.4. The summed E-state index contributed by atoms with van der Waals surface area (Å²) in [4.78, 5) is 43.2. The minimum atomic E-state index is -0.285. The first-order valence-corrected chi connectivity index (χ1v) is 11.8. The molecule has 0 fully saturated rings. The number of aryl methyl sites for hydroxylation is 1. The Morgan fingerprint density at radius 1 is 0.939 bits per heavy atom. The maximum absolute atomic E-state index is 13.0. The number of carbonyl (C=O) groups excluding carboxylic acids is 3. The molecule has 8 heteroatoms. The molecule has 0 aliphatic rings. The number of nitrogens with zero attached hydrogens (tertiary/aromatic N) is 2. The quantitative estimate of drug-likeness (QED) is 0.451. The average Bonchev–Trinajstić information content (AvgIpc) is 3.35. The van der Waals surface area contributed by atoms with Crippen LogP contribution in [0.1, 0.15) is 30.9 Å². The topological polar surface area (TPSA) is 91.4 Å². The Labute approximate surface area is 197 Å². The fraction of sp³-hybridized carbons (Fsp3) is 0.280. The van der Waals surface area contributed by atoms with Crippen molar-refractivity contribution in [3.8, 4) is 0 Å². The summed E-state index contributed by atoms with van der Waals surface area (Å²) in [6, 6.07) is 17.4. The highest BCUT2D eigenvalue weighted by Gasteiger charge is 2.20. The van der Waals surface area contributed by atoms with Gasteiger partial charge in [0.1, 0.15) is 6.54 Å². The third kappa shape index (κ3) is 7.84. The summed E-state index contributed by atoms with van der Waals surface area (Å²) >= 11 is 1.32. The molecule has 0 aliphatic carbocycles. The first-order chi connectivity index (χ1) is 16.0. The van der Waals surface area contributed by atoms with Crippen LogP contribution < -0.4 is 15.5 Å². The Hall–Kier alpha value is -3.52. The summed E-state index contributed by atoms with van der Waals surface area (Å²) in [5, 5.41) is 7.82. The van der Waals surface area contributed by atoms with Gasteiger partial charge < -0.3 is 15.5 Å². The Morgan fingerprint density at radius 3 is 2.36 bits per heavy atom. The smallest absolute Gasteiger partial charge is 0.240 e. The standard InChI is InChI=1S/C25H28N4O3S/c1-2-19-8-10-21(11-9-19)29(18-23(31)26-15-14-20-6-4-3-5-7-20)24(32)13-12-22(30)28-25-27-16-17-33-25/h3-11,16-17H,2,12-15,18H2,1H3,(H,26,31)(H,27,28,30). The van der Waals surface area contributed by atoms with Crippen LogP contribution in [0.25, 0.3) is 0 Å². The van der Waals surface area contributed by atoms with Crippen LogP contribution in [0.5, 0.6) is 0 Å². The molecule has 0 atom stereocenters. The van der Waals surface area contributed by atoms with E-state index in [2.05, 4.69) is 22.5 Å². The molecule has 3 rings (SSSR count). The van der Waals surface area contributed by atoms with Gasteiger partial charge in [-0.3, -0.25) is 14.4 Å². The zero-order valence-electron chi connectivity index (χ0n) is 18.6. The van der Waals surface area contributed by atoms with Crippen LogP contribution in [-0.2, 0) is 27.2 Å². The van der Waals surface area contributed by atoms with E-state index < -0.39 is 0 Å². The number of thiazole rings is 1. The third-order valence-corrected chi connectivity index (χ3v) is 5.77. The van der Waals surface area contributed by atoms with Gasteiger partial charge in [0.25, 0.3) is 0 Å². The van der Waals surface area contributed by atoms with Crippen LogP contribution >= 0.6 is 11.3 Å². The van der Waals surface area contributed by atoms with Crippen LogP contribution in [0.2, 0.25) is 0 Å². The maximum Gasteiger partial charge on any atom is 0.240 e. The van der Waals surface area contributed by atoms with Crippen molar-refractivity contribution in [2.24, 2.45) is 0 Å². The van der Waals surface area contributed by atoms with E-state index in [1.54, 1.807) is 11.6 Å². The molecule has 7 nitrogen and oxygen atoms in total. The molecule has 33 heavy (non-hydrogen) atoms. The van der Waals surface area contributed by atoms with Crippen molar-refractivity contribution in [1.29, 1.82) is 0 Å². The summed E-state index contributed by atoms with van der Waals surface area (Å²) in [7, 11) is 0. The molecule has 0 radical (unpaired) electrons. The number of aromatic nitrogens is 1. The Kier molecular flexibility index (Phi) is 9.14. The van der Waals surface area contributed by atoms with Gasteiger partial charge in [-0.2, -0.15) is 0 Å². The van der Waals surface area contributed by atoms with Gasteiger partial charge in [-0.05, 0) is 36.1 Å². The second kappa shape index (κ2) is 12.5. The number of amides is 3. The predicted octanol–water partition coefficient (Wildman–Crippen LogP) is 3.82. The van der Waals surface area contributed by atoms with Crippen LogP contribution in [-0.4, -0.2) is 35.8 Å². The van der Waals surface area contributed by atoms with Crippen molar-refractivity contribution in [1.82, 2.24) is 10.3 Å². The number of carbonyl (C=O) groups is 3. The molecule has 0 aliphatic heterocycles. The maximum atomic E-state index is 13.0. The molecule has 0 spiro atoms. The number of anilines is 2. The van der Waals surface area contributed by atoms with Crippen molar-refractivity contribution < 1.29 is 14.4 Å². The molecule has 1 aromatic heterocycles. The van der Waals surface area contributed by atoms with Gasteiger partial charge in [0.2, 0.25) is 17.7 Å². The monoisotopic (exact) mass is 464 g/mol. The fourth-order valence-corrected chi connectivity index (χ4v) is 3.79. The van der Waals surface area contributed by atoms with E-state index in [0.29, 0.717) is 23.8 Å². The Balaban J connectivity index is 1.59. The molecule has 0 unspecified atom stereocenters. The van der Waals surface area contributed by atoms with Crippen LogP contribution in [0.3, 0.4) is 0 Å². The lowest BCUT2D eigenvalue weighted by molar-refractivity contribution is -0.125. The number of benzene rings is 2. The second-order valence-electron chi connectivity index (χ2n) is 7.47. The van der Waals surface area contributed by atoms with E-state index in [4.69, 9.17) is 0 Å². The van der Waals surface area contributed by atoms with Crippen molar-refractivity contribution in [2.45, 2.75) is 32.6 Å². The van der Waals surface area contributed by atoms with Gasteiger partial charge >= 0.3 is 0 Å². The van der Waals surface area contributed by atoms with E-state index in [9.17, 15) is 14.4 Å². The summed E-state index contributed by atoms with van der Waals surface area (Å²) in [6.45, 7) is 2.43. The highest BCUT2D eigenvalue weighted by molar-refractivity contribution is 7.13. The summed E-state index contributed by atoms with van der Waals surface area (Å²) in [5.41, 5.74) is 2.91. The van der Waals surface area contributed by atoms with Crippen LogP contribution in [0, 0.1) is 0 Å². The fourth-order valence-electron chi connectivity index (χ4n) is 3.25. The Morgan fingerprint density at radius 2 is 1.70 bits per heavy atom. The van der Waals surface area contributed by atoms with Gasteiger partial charge in [0, 0.05) is 36.7 Å². The van der Waals surface area contributed by atoms with Gasteiger partial charge in [0.15, 0.2) is 5.13 Å². The minimum absolute atomic E-state index is 0.00989. The second-order valence-corrected chi connectivity index (χ2v) is 8.37. The van der Waals surface area contributed by atoms with Gasteiger partial charge in [-0.15, -0.1) is 11.3 Å². The molecule has 0 saturated carbocycles. The van der Waals surface area contributed by atoms with Crippen molar-refractivity contribution in [3.63, 3.8) is 0 Å². The lowest BCUT2D eigenvalue weighted by atomic mass is 10.1. The molecule has 0 saturated heterocycles. The van der Waals surface area contributed by atoms with Crippen molar-refractivity contribution in [2.75, 3.05) is 23.3 Å². The van der Waals surface area contributed by atoms with Crippen LogP contribution in [0.4, 0.5) is 10.8 Å². The molecule has 0 bridgehead atoms. The molecule has 1 heterocycles. The number of rotatable bonds is 11. The molecule has 172 valence electrons. The van der Waals surface area contributed by atoms with Gasteiger partial charge in [-0.25, -0.2) is 4.98 Å². The van der Waals surface area contributed by atoms with Crippen LogP contribution in [0.15, 0.2) is 66.2 Å². The first kappa shape index (κ1) is 24.1. The van der Waals surface area contributed by atoms with E-state index in [-0.39, 0.29) is 37.1 Å². The van der Waals surface area contributed by atoms with E-state index in [1.165, 1.54) is 16.2 Å². The molecular formula is C25H28N4O3S. The van der Waals surface area contributed by atoms with Gasteiger partial charge in [-0.1, -0.05) is 49.4 Å². The lowest BCUT2D eigenvalue weighted by Gasteiger charge is -2.23. The average molecular weight is 465 g/mol. The molecule has 2 N–H and O–H groups in total. The highest BCUT2D eigenvalue weighted by Crippen LogP contribution is 2.18. The van der Waals surface area contributed by atoms with E-state index in [1.807, 2.05) is 54.6 Å². The number of nitrogens with one attached hydrogen (secondary N) is 2. The minimum Gasteiger partial charge on any atom is -0.354 e. The number of hydrogen-bond donors (Lipinski definition) is 2. The van der Waals surface area contributed by atoms with Crippen molar-refractivity contribution in [3.05, 3.63) is 77.3 Å². The molecule has 2 aromatic carbocycles. The SMILES string of the molecule is CCc1ccc(N(CC(=O)NCCc2ccccc2)C(=O)CCC(=O)Nc2nccs2)cc1. The van der Waals surface area contributed by atoms with E-state index >= 15 is 0 Å². The first-order valence-electron chi connectivity index (χ1n) is 10.9. The highest BCUT2D eigenvalue weighted by atomic mass is 32.1. The van der Waals surface area contributed by atoms with E-state index in [0.717, 1.165) is 17.5 Å². The normalized spacial score (nSPS) is 10.5. The molecule has 3 amide bonds. The predicted molar refractivity (Wildman–Crippen MR) is 131 cm³/mol. The Bertz CT molecular complexity index is 1040. The van der Waals surface area contributed by atoms with Crippen molar-refractivity contribution >= 4 is 39.9 Å². The molecule has 3 aromatic rings. The van der Waals surface area contributed by atoms with Gasteiger partial charge in [0.05, 0.1) is 0 Å². The summed E-state index contributed by atoms with van der Waals surface area (Å²) in [6.07, 6.45) is 3.19. The zero-order chi connectivity index (χ0) is 23.5.